The Morgan fingerprint density at radius 2 is 2.12 bits per heavy atom. The predicted molar refractivity (Wildman–Crippen MR) is 93.4 cm³/mol. The first-order chi connectivity index (χ1) is 12.3. The van der Waals surface area contributed by atoms with Crippen LogP contribution in [0.15, 0.2) is 42.7 Å². The summed E-state index contributed by atoms with van der Waals surface area (Å²) in [5, 5.41) is 10.7. The number of nitrogens with one attached hydrogen (secondary N) is 1. The van der Waals surface area contributed by atoms with Crippen molar-refractivity contribution in [2.24, 2.45) is 0 Å². The quantitative estimate of drug-likeness (QED) is 0.905. The number of carbonyl (C=O) groups excluding carboxylic acids is 1. The average molecular weight is 338 g/mol. The zero-order valence-electron chi connectivity index (χ0n) is 14.3. The molecule has 0 spiro atoms. The van der Waals surface area contributed by atoms with Crippen molar-refractivity contribution in [1.29, 1.82) is 0 Å². The van der Waals surface area contributed by atoms with E-state index in [-0.39, 0.29) is 18.0 Å². The van der Waals surface area contributed by atoms with E-state index in [1.165, 1.54) is 24.6 Å². The van der Waals surface area contributed by atoms with Gasteiger partial charge in [0.1, 0.15) is 5.75 Å². The molecule has 0 radical (unpaired) electrons. The van der Waals surface area contributed by atoms with Crippen LogP contribution in [0.5, 0.6) is 5.75 Å². The second-order valence-corrected chi connectivity index (χ2v) is 6.69. The van der Waals surface area contributed by atoms with Crippen molar-refractivity contribution >= 4 is 5.91 Å². The number of likely N-dealkylation sites (tertiary alicyclic amines) is 1. The molecule has 1 aromatic carbocycles. The highest BCUT2D eigenvalue weighted by atomic mass is 16.5. The SMILES string of the molecule is COc1cccc(C2C(NC(=O)c3ccnnc3)CCN2C2CC2)c1. The second-order valence-electron chi connectivity index (χ2n) is 6.69. The molecular weight excluding hydrogens is 316 g/mol. The van der Waals surface area contributed by atoms with Crippen molar-refractivity contribution in [2.45, 2.75) is 37.4 Å². The Morgan fingerprint density at radius 3 is 2.84 bits per heavy atom. The number of hydrogen-bond donors (Lipinski definition) is 1. The third kappa shape index (κ3) is 3.35. The Bertz CT molecular complexity index is 748. The lowest BCUT2D eigenvalue weighted by molar-refractivity contribution is 0.0923. The molecule has 1 N–H and O–H groups in total. The van der Waals surface area contributed by atoms with Crippen LogP contribution >= 0.6 is 0 Å². The molecule has 0 bridgehead atoms. The molecule has 25 heavy (non-hydrogen) atoms. The molecule has 6 heteroatoms. The van der Waals surface area contributed by atoms with Gasteiger partial charge in [0.2, 0.25) is 0 Å². The van der Waals surface area contributed by atoms with Gasteiger partial charge in [-0.2, -0.15) is 10.2 Å². The third-order valence-corrected chi connectivity index (χ3v) is 5.05. The summed E-state index contributed by atoms with van der Waals surface area (Å²) in [5.74, 6) is 0.758. The van der Waals surface area contributed by atoms with E-state index < -0.39 is 0 Å². The summed E-state index contributed by atoms with van der Waals surface area (Å²) < 4.78 is 5.39. The normalized spacial score (nSPS) is 23.4. The van der Waals surface area contributed by atoms with E-state index in [2.05, 4.69) is 32.5 Å². The lowest BCUT2D eigenvalue weighted by atomic mass is 9.99. The van der Waals surface area contributed by atoms with E-state index in [0.29, 0.717) is 11.6 Å². The Hall–Kier alpha value is -2.47. The molecule has 1 aliphatic carbocycles. The molecular formula is C19H22N4O2. The van der Waals surface area contributed by atoms with Crippen LogP contribution < -0.4 is 10.1 Å². The molecule has 2 fully saturated rings. The molecule has 2 atom stereocenters. The maximum Gasteiger partial charge on any atom is 0.253 e. The molecule has 6 nitrogen and oxygen atoms in total. The fourth-order valence-corrected chi connectivity index (χ4v) is 3.71. The van der Waals surface area contributed by atoms with Gasteiger partial charge in [-0.25, -0.2) is 0 Å². The van der Waals surface area contributed by atoms with Gasteiger partial charge in [0.25, 0.3) is 5.91 Å². The molecule has 1 saturated heterocycles. The number of benzene rings is 1. The van der Waals surface area contributed by atoms with Crippen LogP contribution in [0.4, 0.5) is 0 Å². The fraction of sp³-hybridized carbons (Fsp3) is 0.421. The molecule has 2 aromatic rings. The molecule has 1 amide bonds. The fourth-order valence-electron chi connectivity index (χ4n) is 3.71. The van der Waals surface area contributed by atoms with Gasteiger partial charge in [0, 0.05) is 12.6 Å². The van der Waals surface area contributed by atoms with Crippen molar-refractivity contribution in [2.75, 3.05) is 13.7 Å². The number of rotatable bonds is 5. The first-order valence-corrected chi connectivity index (χ1v) is 8.73. The minimum Gasteiger partial charge on any atom is -0.497 e. The number of carbonyl (C=O) groups is 1. The standard InChI is InChI=1S/C19H22N4O2/c1-25-16-4-2-3-13(11-16)18-17(8-10-23(18)15-5-6-15)22-19(24)14-7-9-20-21-12-14/h2-4,7,9,11-12,15,17-18H,5-6,8,10H2,1H3,(H,22,24). The summed E-state index contributed by atoms with van der Waals surface area (Å²) in [6, 6.07) is 10.8. The van der Waals surface area contributed by atoms with Crippen molar-refractivity contribution in [3.05, 3.63) is 53.9 Å². The number of amides is 1. The predicted octanol–water partition coefficient (Wildman–Crippen LogP) is 2.19. The number of methoxy groups -OCH3 is 1. The summed E-state index contributed by atoms with van der Waals surface area (Å²) >= 11 is 0. The van der Waals surface area contributed by atoms with Gasteiger partial charge in [-0.3, -0.25) is 9.69 Å². The van der Waals surface area contributed by atoms with Crippen LogP contribution in [-0.4, -0.2) is 46.7 Å². The number of ether oxygens (including phenoxy) is 1. The molecule has 1 saturated carbocycles. The van der Waals surface area contributed by atoms with E-state index in [0.717, 1.165) is 18.7 Å². The van der Waals surface area contributed by atoms with E-state index >= 15 is 0 Å². The summed E-state index contributed by atoms with van der Waals surface area (Å²) in [4.78, 5) is 15.1. The molecule has 2 heterocycles. The highest BCUT2D eigenvalue weighted by molar-refractivity contribution is 5.94. The molecule has 2 aliphatic rings. The van der Waals surface area contributed by atoms with Crippen molar-refractivity contribution in [1.82, 2.24) is 20.4 Å². The van der Waals surface area contributed by atoms with E-state index in [4.69, 9.17) is 4.74 Å². The van der Waals surface area contributed by atoms with Gasteiger partial charge in [0.05, 0.1) is 37.2 Å². The van der Waals surface area contributed by atoms with Crippen LogP contribution in [0.1, 0.15) is 41.2 Å². The zero-order valence-corrected chi connectivity index (χ0v) is 14.3. The Kier molecular flexibility index (Phi) is 4.36. The summed E-state index contributed by atoms with van der Waals surface area (Å²) in [7, 11) is 1.68. The molecule has 2 unspecified atom stereocenters. The van der Waals surface area contributed by atoms with Gasteiger partial charge in [-0.1, -0.05) is 12.1 Å². The van der Waals surface area contributed by atoms with Crippen LogP contribution in [0.3, 0.4) is 0 Å². The Morgan fingerprint density at radius 1 is 1.24 bits per heavy atom. The number of hydrogen-bond acceptors (Lipinski definition) is 5. The smallest absolute Gasteiger partial charge is 0.253 e. The van der Waals surface area contributed by atoms with Crippen LogP contribution in [0, 0.1) is 0 Å². The Labute approximate surface area is 147 Å². The minimum absolute atomic E-state index is 0.0772. The molecule has 1 aromatic heterocycles. The average Bonchev–Trinajstić information content (AvgIpc) is 3.43. The summed E-state index contributed by atoms with van der Waals surface area (Å²) in [6.45, 7) is 1.01. The van der Waals surface area contributed by atoms with Gasteiger partial charge < -0.3 is 10.1 Å². The topological polar surface area (TPSA) is 67.3 Å². The Balaban J connectivity index is 1.58. The maximum atomic E-state index is 12.6. The van der Waals surface area contributed by atoms with Crippen LogP contribution in [0.25, 0.3) is 0 Å². The highest BCUT2D eigenvalue weighted by Crippen LogP contribution is 2.41. The maximum absolute atomic E-state index is 12.6. The molecule has 4 rings (SSSR count). The van der Waals surface area contributed by atoms with E-state index in [1.807, 2.05) is 12.1 Å². The highest BCUT2D eigenvalue weighted by Gasteiger charge is 2.43. The van der Waals surface area contributed by atoms with E-state index in [1.54, 1.807) is 19.4 Å². The van der Waals surface area contributed by atoms with Gasteiger partial charge in [-0.15, -0.1) is 0 Å². The first-order valence-electron chi connectivity index (χ1n) is 8.73. The monoisotopic (exact) mass is 338 g/mol. The van der Waals surface area contributed by atoms with E-state index in [9.17, 15) is 4.79 Å². The van der Waals surface area contributed by atoms with Crippen LogP contribution in [0.2, 0.25) is 0 Å². The van der Waals surface area contributed by atoms with Crippen molar-refractivity contribution in [3.63, 3.8) is 0 Å². The lowest BCUT2D eigenvalue weighted by Crippen LogP contribution is -2.40. The van der Waals surface area contributed by atoms with Crippen LogP contribution in [-0.2, 0) is 0 Å². The zero-order chi connectivity index (χ0) is 17.2. The largest absolute Gasteiger partial charge is 0.497 e. The third-order valence-electron chi connectivity index (χ3n) is 5.05. The number of nitrogens with zero attached hydrogens (tertiary/aromatic N) is 3. The minimum atomic E-state index is -0.0922. The molecule has 130 valence electrons. The summed E-state index contributed by atoms with van der Waals surface area (Å²) in [5.41, 5.74) is 1.74. The number of aromatic nitrogens is 2. The second kappa shape index (κ2) is 6.80. The van der Waals surface area contributed by atoms with Gasteiger partial charge in [-0.05, 0) is 43.0 Å². The lowest BCUT2D eigenvalue weighted by Gasteiger charge is -2.29. The van der Waals surface area contributed by atoms with Gasteiger partial charge >= 0.3 is 0 Å². The summed E-state index contributed by atoms with van der Waals surface area (Å²) in [6.07, 6.45) is 6.48. The molecule has 1 aliphatic heterocycles. The van der Waals surface area contributed by atoms with Gasteiger partial charge in [0.15, 0.2) is 0 Å². The van der Waals surface area contributed by atoms with Crippen molar-refractivity contribution < 1.29 is 9.53 Å². The van der Waals surface area contributed by atoms with Crippen molar-refractivity contribution in [3.8, 4) is 5.75 Å². The first kappa shape index (κ1) is 16.0.